The third kappa shape index (κ3) is 2.98. The summed E-state index contributed by atoms with van der Waals surface area (Å²) in [6, 6.07) is 7.99. The predicted molar refractivity (Wildman–Crippen MR) is 82.9 cm³/mol. The van der Waals surface area contributed by atoms with E-state index in [0.717, 1.165) is 4.90 Å². The third-order valence-electron chi connectivity index (χ3n) is 4.44. The number of carboxylic acids is 1. The van der Waals surface area contributed by atoms with Gasteiger partial charge < -0.3 is 15.2 Å². The van der Waals surface area contributed by atoms with Crippen LogP contribution in [0.1, 0.15) is 18.4 Å². The number of aliphatic carboxylic acids is 1. The van der Waals surface area contributed by atoms with Crippen molar-refractivity contribution in [3.8, 4) is 0 Å². The van der Waals surface area contributed by atoms with Crippen molar-refractivity contribution in [2.75, 3.05) is 19.8 Å². The maximum absolute atomic E-state index is 12.4. The number of amides is 1. The number of hydrogen-bond donors (Lipinski definition) is 2. The van der Waals surface area contributed by atoms with E-state index in [0.29, 0.717) is 32.5 Å². The average molecular weight is 321 g/mol. The zero-order valence-corrected chi connectivity index (χ0v) is 13.0. The molecule has 1 aromatic rings. The molecule has 0 radical (unpaired) electrons. The summed E-state index contributed by atoms with van der Waals surface area (Å²) in [5.74, 6) is -0.924. The molecular formula is C16H19NO4S. The lowest BCUT2D eigenvalue weighted by Crippen LogP contribution is -2.48. The molecule has 1 aromatic carbocycles. The van der Waals surface area contributed by atoms with Gasteiger partial charge >= 0.3 is 5.97 Å². The molecule has 1 fully saturated rings. The standard InChI is InChI=1S/C16H19NO4S/c18-14(13-9-11-3-1-2-4-12(11)22-13)17-10-16(15(19)20)5-7-21-8-6-16/h1-4,13H,5-10H2,(H,17,18)(H,19,20). The van der Waals surface area contributed by atoms with Gasteiger partial charge in [-0.15, -0.1) is 11.8 Å². The minimum atomic E-state index is -0.885. The summed E-state index contributed by atoms with van der Waals surface area (Å²) in [6.07, 6.45) is 1.59. The molecule has 1 amide bonds. The zero-order chi connectivity index (χ0) is 15.6. The van der Waals surface area contributed by atoms with Crippen molar-refractivity contribution in [1.29, 1.82) is 0 Å². The van der Waals surface area contributed by atoms with Gasteiger partial charge in [-0.25, -0.2) is 0 Å². The Labute approximate surface area is 133 Å². The molecule has 22 heavy (non-hydrogen) atoms. The molecule has 1 unspecified atom stereocenters. The number of carboxylic acid groups (broad SMARTS) is 1. The fraction of sp³-hybridized carbons (Fsp3) is 0.500. The second-order valence-corrected chi connectivity index (χ2v) is 7.08. The predicted octanol–water partition coefficient (Wildman–Crippen LogP) is 1.70. The van der Waals surface area contributed by atoms with Crippen molar-refractivity contribution in [1.82, 2.24) is 5.32 Å². The fourth-order valence-corrected chi connectivity index (χ4v) is 4.15. The van der Waals surface area contributed by atoms with Crippen LogP contribution < -0.4 is 5.32 Å². The first kappa shape index (κ1) is 15.4. The van der Waals surface area contributed by atoms with Gasteiger partial charge in [0.05, 0.1) is 10.7 Å². The molecule has 0 aromatic heterocycles. The molecular weight excluding hydrogens is 302 g/mol. The van der Waals surface area contributed by atoms with Gasteiger partial charge in [-0.3, -0.25) is 9.59 Å². The first-order valence-corrected chi connectivity index (χ1v) is 8.32. The van der Waals surface area contributed by atoms with E-state index in [2.05, 4.69) is 5.32 Å². The molecule has 2 N–H and O–H groups in total. The molecule has 2 heterocycles. The Balaban J connectivity index is 1.60. The lowest BCUT2D eigenvalue weighted by Gasteiger charge is -2.33. The van der Waals surface area contributed by atoms with Crippen molar-refractivity contribution in [3.05, 3.63) is 29.8 Å². The zero-order valence-electron chi connectivity index (χ0n) is 12.2. The number of rotatable bonds is 4. The van der Waals surface area contributed by atoms with Crippen LogP contribution in [0, 0.1) is 5.41 Å². The van der Waals surface area contributed by atoms with Crippen LogP contribution in [0.4, 0.5) is 0 Å². The second-order valence-electron chi connectivity index (χ2n) is 5.83. The second kappa shape index (κ2) is 6.30. The van der Waals surface area contributed by atoms with Crippen molar-refractivity contribution < 1.29 is 19.4 Å². The summed E-state index contributed by atoms with van der Waals surface area (Å²) >= 11 is 1.55. The van der Waals surface area contributed by atoms with E-state index in [9.17, 15) is 14.7 Å². The molecule has 118 valence electrons. The van der Waals surface area contributed by atoms with Crippen LogP contribution in [0.25, 0.3) is 0 Å². The van der Waals surface area contributed by atoms with E-state index in [4.69, 9.17) is 4.74 Å². The van der Waals surface area contributed by atoms with Crippen molar-refractivity contribution >= 4 is 23.6 Å². The monoisotopic (exact) mass is 321 g/mol. The maximum atomic E-state index is 12.4. The molecule has 0 bridgehead atoms. The van der Waals surface area contributed by atoms with E-state index >= 15 is 0 Å². The van der Waals surface area contributed by atoms with E-state index < -0.39 is 11.4 Å². The van der Waals surface area contributed by atoms with Gasteiger partial charge in [0.15, 0.2) is 0 Å². The van der Waals surface area contributed by atoms with Crippen LogP contribution >= 0.6 is 11.8 Å². The topological polar surface area (TPSA) is 75.6 Å². The van der Waals surface area contributed by atoms with E-state index in [1.165, 1.54) is 5.56 Å². The van der Waals surface area contributed by atoms with Gasteiger partial charge in [-0.1, -0.05) is 18.2 Å². The summed E-state index contributed by atoms with van der Waals surface area (Å²) in [5, 5.41) is 12.2. The highest BCUT2D eigenvalue weighted by atomic mass is 32.2. The Morgan fingerprint density at radius 3 is 2.73 bits per heavy atom. The highest BCUT2D eigenvalue weighted by Crippen LogP contribution is 2.37. The normalized spacial score (nSPS) is 22.8. The molecule has 1 saturated heterocycles. The highest BCUT2D eigenvalue weighted by Gasteiger charge is 2.41. The molecule has 1 atom stereocenters. The smallest absolute Gasteiger partial charge is 0.311 e. The van der Waals surface area contributed by atoms with E-state index in [1.807, 2.05) is 24.3 Å². The number of carbonyl (C=O) groups is 2. The molecule has 3 rings (SSSR count). The largest absolute Gasteiger partial charge is 0.481 e. The number of ether oxygens (including phenoxy) is 1. The Morgan fingerprint density at radius 2 is 2.05 bits per heavy atom. The van der Waals surface area contributed by atoms with Crippen LogP contribution in [-0.4, -0.2) is 42.0 Å². The lowest BCUT2D eigenvalue weighted by atomic mass is 9.80. The number of fused-ring (bicyclic) bond motifs is 1. The summed E-state index contributed by atoms with van der Waals surface area (Å²) in [7, 11) is 0. The van der Waals surface area contributed by atoms with Gasteiger partial charge in [-0.2, -0.15) is 0 Å². The molecule has 0 aliphatic carbocycles. The van der Waals surface area contributed by atoms with Crippen LogP contribution in [0.2, 0.25) is 0 Å². The van der Waals surface area contributed by atoms with Crippen molar-refractivity contribution in [3.63, 3.8) is 0 Å². The Hall–Kier alpha value is -1.53. The minimum absolute atomic E-state index is 0.0756. The molecule has 0 saturated carbocycles. The fourth-order valence-electron chi connectivity index (χ4n) is 2.93. The van der Waals surface area contributed by atoms with Crippen LogP contribution in [0.5, 0.6) is 0 Å². The average Bonchev–Trinajstić information content (AvgIpc) is 2.97. The minimum Gasteiger partial charge on any atom is -0.481 e. The quantitative estimate of drug-likeness (QED) is 0.883. The molecule has 2 aliphatic heterocycles. The summed E-state index contributed by atoms with van der Waals surface area (Å²) in [4.78, 5) is 25.1. The van der Waals surface area contributed by atoms with Crippen molar-refractivity contribution in [2.45, 2.75) is 29.4 Å². The first-order chi connectivity index (χ1) is 10.6. The molecule has 0 spiro atoms. The van der Waals surface area contributed by atoms with Crippen LogP contribution in [0.3, 0.4) is 0 Å². The molecule has 6 heteroatoms. The van der Waals surface area contributed by atoms with E-state index in [1.54, 1.807) is 11.8 Å². The number of hydrogen-bond acceptors (Lipinski definition) is 4. The number of benzene rings is 1. The summed E-state index contributed by atoms with van der Waals surface area (Å²) in [6.45, 7) is 1.05. The van der Waals surface area contributed by atoms with Gasteiger partial charge in [0.1, 0.15) is 0 Å². The Kier molecular flexibility index (Phi) is 4.40. The van der Waals surface area contributed by atoms with Gasteiger partial charge in [0.25, 0.3) is 0 Å². The summed E-state index contributed by atoms with van der Waals surface area (Å²) in [5.41, 5.74) is 0.302. The lowest BCUT2D eigenvalue weighted by molar-refractivity contribution is -0.154. The van der Waals surface area contributed by atoms with E-state index in [-0.39, 0.29) is 17.7 Å². The van der Waals surface area contributed by atoms with Crippen LogP contribution in [0.15, 0.2) is 29.2 Å². The SMILES string of the molecule is O=C(NCC1(C(=O)O)CCOCC1)C1Cc2ccccc2S1. The van der Waals surface area contributed by atoms with Gasteiger partial charge in [0, 0.05) is 24.7 Å². The van der Waals surface area contributed by atoms with Crippen molar-refractivity contribution in [2.24, 2.45) is 5.41 Å². The first-order valence-electron chi connectivity index (χ1n) is 7.44. The summed E-state index contributed by atoms with van der Waals surface area (Å²) < 4.78 is 5.24. The highest BCUT2D eigenvalue weighted by molar-refractivity contribution is 8.01. The Bertz CT molecular complexity index is 558. The van der Waals surface area contributed by atoms with Crippen LogP contribution in [-0.2, 0) is 20.7 Å². The number of nitrogens with one attached hydrogen (secondary N) is 1. The third-order valence-corrected chi connectivity index (χ3v) is 5.76. The van der Waals surface area contributed by atoms with Gasteiger partial charge in [-0.05, 0) is 30.9 Å². The Morgan fingerprint density at radius 1 is 1.32 bits per heavy atom. The number of thioether (sulfide) groups is 1. The molecule has 5 nitrogen and oxygen atoms in total. The maximum Gasteiger partial charge on any atom is 0.311 e. The molecule has 2 aliphatic rings. The van der Waals surface area contributed by atoms with Gasteiger partial charge in [0.2, 0.25) is 5.91 Å². The number of carbonyl (C=O) groups excluding carboxylic acids is 1.